The number of carbonyl (C=O) groups excluding carboxylic acids is 1. The molecule has 82 valence electrons. The van der Waals surface area contributed by atoms with Gasteiger partial charge in [0.25, 0.3) is 0 Å². The lowest BCUT2D eigenvalue weighted by atomic mass is 10.1. The van der Waals surface area contributed by atoms with Gasteiger partial charge in [0.15, 0.2) is 5.78 Å². The number of carbonyl (C=O) groups is 1. The molecular weight excluding hydrogens is 207 g/mol. The van der Waals surface area contributed by atoms with Crippen LogP contribution in [0.25, 0.3) is 0 Å². The fourth-order valence-electron chi connectivity index (χ4n) is 1.47. The Bertz CT molecular complexity index is 519. The van der Waals surface area contributed by atoms with E-state index < -0.39 is 5.82 Å². The van der Waals surface area contributed by atoms with E-state index in [4.69, 9.17) is 0 Å². The zero-order valence-electron chi connectivity index (χ0n) is 8.85. The van der Waals surface area contributed by atoms with Gasteiger partial charge in [0.05, 0.1) is 11.8 Å². The summed E-state index contributed by atoms with van der Waals surface area (Å²) in [6, 6.07) is 5.96. The van der Waals surface area contributed by atoms with Crippen LogP contribution in [0.1, 0.15) is 15.9 Å². The van der Waals surface area contributed by atoms with Crippen molar-refractivity contribution < 1.29 is 9.18 Å². The van der Waals surface area contributed by atoms with Gasteiger partial charge in [-0.25, -0.2) is 4.39 Å². The van der Waals surface area contributed by atoms with Crippen LogP contribution >= 0.6 is 0 Å². The van der Waals surface area contributed by atoms with Gasteiger partial charge in [0, 0.05) is 6.20 Å². The number of hydrogen-bond acceptors (Lipinski definition) is 2. The van der Waals surface area contributed by atoms with Gasteiger partial charge >= 0.3 is 0 Å². The molecule has 0 saturated carbocycles. The number of aryl methyl sites for hydroxylation is 1. The van der Waals surface area contributed by atoms with Crippen LogP contribution in [0.4, 0.5) is 4.39 Å². The van der Waals surface area contributed by atoms with E-state index in [1.165, 1.54) is 16.8 Å². The lowest BCUT2D eigenvalue weighted by Gasteiger charge is -2.02. The maximum Gasteiger partial charge on any atom is 0.187 e. The molecular formula is C12H11FN2O. The Labute approximate surface area is 92.5 Å². The number of aromatic nitrogens is 2. The van der Waals surface area contributed by atoms with Gasteiger partial charge in [-0.2, -0.15) is 5.10 Å². The highest BCUT2D eigenvalue weighted by Crippen LogP contribution is 2.08. The number of rotatable bonds is 3. The molecule has 1 heterocycles. The first-order valence-electron chi connectivity index (χ1n) is 4.93. The van der Waals surface area contributed by atoms with Crippen LogP contribution in [0.5, 0.6) is 0 Å². The Balaban J connectivity index is 2.18. The van der Waals surface area contributed by atoms with E-state index in [2.05, 4.69) is 5.10 Å². The molecule has 0 unspecified atom stereocenters. The van der Waals surface area contributed by atoms with Crippen LogP contribution in [0.2, 0.25) is 0 Å². The Morgan fingerprint density at radius 1 is 1.44 bits per heavy atom. The first kappa shape index (κ1) is 10.5. The van der Waals surface area contributed by atoms with Crippen molar-refractivity contribution in [2.24, 2.45) is 0 Å². The van der Waals surface area contributed by atoms with Gasteiger partial charge in [-0.3, -0.25) is 9.48 Å². The van der Waals surface area contributed by atoms with E-state index in [0.29, 0.717) is 0 Å². The van der Waals surface area contributed by atoms with Crippen molar-refractivity contribution in [3.63, 3.8) is 0 Å². The maximum atomic E-state index is 13.3. The molecule has 0 radical (unpaired) electrons. The second-order valence-corrected chi connectivity index (χ2v) is 3.62. The van der Waals surface area contributed by atoms with Crippen LogP contribution in [-0.2, 0) is 6.54 Å². The standard InChI is InChI=1S/C12H11FN2O/c1-9-6-14-15(7-9)8-12(16)10-4-2-3-5-11(10)13/h2-7H,8H2,1H3. The van der Waals surface area contributed by atoms with Crippen molar-refractivity contribution in [1.82, 2.24) is 9.78 Å². The fourth-order valence-corrected chi connectivity index (χ4v) is 1.47. The quantitative estimate of drug-likeness (QED) is 0.740. The minimum atomic E-state index is -0.489. The van der Waals surface area contributed by atoms with Crippen LogP contribution < -0.4 is 0 Å². The van der Waals surface area contributed by atoms with Crippen LogP contribution in [0, 0.1) is 12.7 Å². The molecule has 1 aromatic carbocycles. The molecule has 0 bridgehead atoms. The zero-order valence-corrected chi connectivity index (χ0v) is 8.85. The summed E-state index contributed by atoms with van der Waals surface area (Å²) < 4.78 is 14.8. The largest absolute Gasteiger partial charge is 0.292 e. The SMILES string of the molecule is Cc1cnn(CC(=O)c2ccccc2F)c1. The molecule has 3 nitrogen and oxygen atoms in total. The number of ketones is 1. The summed E-state index contributed by atoms with van der Waals surface area (Å²) in [5.41, 5.74) is 1.08. The molecule has 0 aliphatic rings. The van der Waals surface area contributed by atoms with Crippen molar-refractivity contribution in [2.75, 3.05) is 0 Å². The molecule has 0 aliphatic carbocycles. The van der Waals surface area contributed by atoms with Gasteiger partial charge in [0.2, 0.25) is 0 Å². The summed E-state index contributed by atoms with van der Waals surface area (Å²) in [4.78, 5) is 11.7. The number of benzene rings is 1. The summed E-state index contributed by atoms with van der Waals surface area (Å²) in [5, 5.41) is 3.98. The number of nitrogens with zero attached hydrogens (tertiary/aromatic N) is 2. The third-order valence-electron chi connectivity index (χ3n) is 2.24. The monoisotopic (exact) mass is 218 g/mol. The predicted molar refractivity (Wildman–Crippen MR) is 57.7 cm³/mol. The van der Waals surface area contributed by atoms with E-state index in [0.717, 1.165) is 5.56 Å². The van der Waals surface area contributed by atoms with Gasteiger partial charge in [-0.15, -0.1) is 0 Å². The van der Waals surface area contributed by atoms with Crippen molar-refractivity contribution in [3.05, 3.63) is 53.6 Å². The highest BCUT2D eigenvalue weighted by atomic mass is 19.1. The van der Waals surface area contributed by atoms with Crippen molar-refractivity contribution in [1.29, 1.82) is 0 Å². The molecule has 2 rings (SSSR count). The van der Waals surface area contributed by atoms with Crippen LogP contribution in [-0.4, -0.2) is 15.6 Å². The molecule has 16 heavy (non-hydrogen) atoms. The van der Waals surface area contributed by atoms with Crippen molar-refractivity contribution in [3.8, 4) is 0 Å². The highest BCUT2D eigenvalue weighted by Gasteiger charge is 2.11. The van der Waals surface area contributed by atoms with Crippen molar-refractivity contribution >= 4 is 5.78 Å². The minimum Gasteiger partial charge on any atom is -0.292 e. The smallest absolute Gasteiger partial charge is 0.187 e. The second-order valence-electron chi connectivity index (χ2n) is 3.62. The molecule has 4 heteroatoms. The Hall–Kier alpha value is -1.97. The number of halogens is 1. The van der Waals surface area contributed by atoms with E-state index in [1.807, 2.05) is 6.92 Å². The van der Waals surface area contributed by atoms with Gasteiger partial charge in [-0.1, -0.05) is 12.1 Å². The Morgan fingerprint density at radius 3 is 2.81 bits per heavy atom. The zero-order chi connectivity index (χ0) is 11.5. The third-order valence-corrected chi connectivity index (χ3v) is 2.24. The van der Waals surface area contributed by atoms with Gasteiger partial charge in [-0.05, 0) is 24.6 Å². The summed E-state index contributed by atoms with van der Waals surface area (Å²) in [5.74, 6) is -0.766. The molecule has 0 spiro atoms. The van der Waals surface area contributed by atoms with E-state index in [9.17, 15) is 9.18 Å². The van der Waals surface area contributed by atoms with Gasteiger partial charge in [0.1, 0.15) is 12.4 Å². The fraction of sp³-hybridized carbons (Fsp3) is 0.167. The summed E-state index contributed by atoms with van der Waals surface area (Å²) in [7, 11) is 0. The van der Waals surface area contributed by atoms with Crippen molar-refractivity contribution in [2.45, 2.75) is 13.5 Å². The average molecular weight is 218 g/mol. The van der Waals surface area contributed by atoms with Crippen LogP contribution in [0.15, 0.2) is 36.7 Å². The van der Waals surface area contributed by atoms with Crippen LogP contribution in [0.3, 0.4) is 0 Å². The summed E-state index contributed by atoms with van der Waals surface area (Å²) in [6.07, 6.45) is 3.41. The average Bonchev–Trinajstić information content (AvgIpc) is 2.64. The summed E-state index contributed by atoms with van der Waals surface area (Å²) in [6.45, 7) is 1.95. The van der Waals surface area contributed by atoms with E-state index in [1.54, 1.807) is 24.5 Å². The molecule has 0 aliphatic heterocycles. The number of hydrogen-bond donors (Lipinski definition) is 0. The lowest BCUT2D eigenvalue weighted by molar-refractivity contribution is 0.0964. The lowest BCUT2D eigenvalue weighted by Crippen LogP contribution is -2.12. The Kier molecular flexibility index (Phi) is 2.81. The minimum absolute atomic E-state index is 0.0643. The normalized spacial score (nSPS) is 10.4. The highest BCUT2D eigenvalue weighted by molar-refractivity contribution is 5.96. The molecule has 0 amide bonds. The van der Waals surface area contributed by atoms with Gasteiger partial charge < -0.3 is 0 Å². The molecule has 0 N–H and O–H groups in total. The molecule has 0 fully saturated rings. The third kappa shape index (κ3) is 2.16. The van der Waals surface area contributed by atoms with E-state index >= 15 is 0 Å². The second kappa shape index (κ2) is 4.26. The van der Waals surface area contributed by atoms with E-state index in [-0.39, 0.29) is 17.9 Å². The molecule has 0 saturated heterocycles. The molecule has 1 aromatic heterocycles. The maximum absolute atomic E-state index is 13.3. The first-order valence-corrected chi connectivity index (χ1v) is 4.93. The summed E-state index contributed by atoms with van der Waals surface area (Å²) >= 11 is 0. The number of Topliss-reactive ketones (excluding diaryl/α,β-unsaturated/α-hetero) is 1. The Morgan fingerprint density at radius 2 is 2.19 bits per heavy atom. The molecule has 2 aromatic rings. The molecule has 0 atom stereocenters. The predicted octanol–water partition coefficient (Wildman–Crippen LogP) is 2.21. The topological polar surface area (TPSA) is 34.9 Å². The first-order chi connectivity index (χ1) is 7.66.